The van der Waals surface area contributed by atoms with Crippen LogP contribution in [0.3, 0.4) is 0 Å². The molecule has 0 saturated carbocycles. The highest BCUT2D eigenvalue weighted by Crippen LogP contribution is 2.22. The molecule has 1 amide bonds. The molecule has 0 aliphatic heterocycles. The number of anilines is 2. The molecule has 0 atom stereocenters. The Bertz CT molecular complexity index is 951. The van der Waals surface area contributed by atoms with Gasteiger partial charge in [0.15, 0.2) is 10.9 Å². The molecule has 6 nitrogen and oxygen atoms in total. The summed E-state index contributed by atoms with van der Waals surface area (Å²) in [6.45, 7) is 1.85. The van der Waals surface area contributed by atoms with E-state index in [0.717, 1.165) is 11.4 Å². The van der Waals surface area contributed by atoms with Crippen LogP contribution >= 0.6 is 11.3 Å². The summed E-state index contributed by atoms with van der Waals surface area (Å²) in [5.41, 5.74) is 2.75. The number of Topliss-reactive ketones (excluding diaryl/α,β-unsaturated/α-hetero) is 1. The van der Waals surface area contributed by atoms with Crippen LogP contribution < -0.4 is 15.4 Å². The van der Waals surface area contributed by atoms with Gasteiger partial charge in [-0.05, 0) is 43.3 Å². The van der Waals surface area contributed by atoms with Crippen molar-refractivity contribution in [2.24, 2.45) is 0 Å². The molecule has 1 aromatic heterocycles. The number of thiazole rings is 1. The second-order valence-electron chi connectivity index (χ2n) is 5.79. The predicted octanol–water partition coefficient (Wildman–Crippen LogP) is 4.03. The van der Waals surface area contributed by atoms with E-state index in [1.165, 1.54) is 25.4 Å². The average Bonchev–Trinajstić information content (AvgIpc) is 3.13. The van der Waals surface area contributed by atoms with Crippen molar-refractivity contribution in [3.05, 3.63) is 70.7 Å². The van der Waals surface area contributed by atoms with Crippen LogP contribution in [0, 0.1) is 0 Å². The third-order valence-electron chi connectivity index (χ3n) is 3.88. The summed E-state index contributed by atoms with van der Waals surface area (Å²) in [5.74, 6) is 0.350. The third-order valence-corrected chi connectivity index (χ3v) is 4.68. The molecule has 138 valence electrons. The molecule has 3 aromatic rings. The standard InChI is InChI=1S/C20H19N3O3S/c1-13(24)14-7-9-15(10-8-14)22-20-23-16(12-27-20)11-21-19(25)17-5-3-4-6-18(17)26-2/h3-10,12H,11H2,1-2H3,(H,21,25)(H,22,23). The van der Waals surface area contributed by atoms with E-state index < -0.39 is 0 Å². The van der Waals surface area contributed by atoms with Crippen LogP contribution in [0.25, 0.3) is 0 Å². The van der Waals surface area contributed by atoms with E-state index in [-0.39, 0.29) is 11.7 Å². The molecule has 2 aromatic carbocycles. The van der Waals surface area contributed by atoms with E-state index in [1.807, 2.05) is 23.6 Å². The molecule has 3 rings (SSSR count). The molecule has 0 spiro atoms. The maximum Gasteiger partial charge on any atom is 0.255 e. The zero-order valence-corrected chi connectivity index (χ0v) is 15.8. The second kappa shape index (κ2) is 8.46. The van der Waals surface area contributed by atoms with Gasteiger partial charge in [0.05, 0.1) is 24.9 Å². The van der Waals surface area contributed by atoms with Gasteiger partial charge in [-0.25, -0.2) is 4.98 Å². The number of rotatable bonds is 7. The summed E-state index contributed by atoms with van der Waals surface area (Å²) in [6.07, 6.45) is 0. The van der Waals surface area contributed by atoms with Gasteiger partial charge in [-0.1, -0.05) is 12.1 Å². The number of methoxy groups -OCH3 is 1. The summed E-state index contributed by atoms with van der Waals surface area (Å²) >= 11 is 1.44. The highest BCUT2D eigenvalue weighted by atomic mass is 32.1. The molecular weight excluding hydrogens is 362 g/mol. The van der Waals surface area contributed by atoms with Crippen LogP contribution in [0.4, 0.5) is 10.8 Å². The van der Waals surface area contributed by atoms with Gasteiger partial charge in [0.1, 0.15) is 5.75 Å². The van der Waals surface area contributed by atoms with Crippen molar-refractivity contribution < 1.29 is 14.3 Å². The van der Waals surface area contributed by atoms with Crippen LogP contribution in [0.5, 0.6) is 5.75 Å². The van der Waals surface area contributed by atoms with Crippen LogP contribution in [-0.4, -0.2) is 23.8 Å². The van der Waals surface area contributed by atoms with Gasteiger partial charge in [-0.3, -0.25) is 9.59 Å². The first kappa shape index (κ1) is 18.6. The number of aromatic nitrogens is 1. The SMILES string of the molecule is COc1ccccc1C(=O)NCc1csc(Nc2ccc(C(C)=O)cc2)n1. The monoisotopic (exact) mass is 381 g/mol. The van der Waals surface area contributed by atoms with E-state index in [0.29, 0.717) is 28.6 Å². The Kier molecular flexibility index (Phi) is 5.83. The first-order chi connectivity index (χ1) is 13.1. The van der Waals surface area contributed by atoms with Gasteiger partial charge in [-0.15, -0.1) is 11.3 Å². The van der Waals surface area contributed by atoms with Gasteiger partial charge in [0.2, 0.25) is 0 Å². The third kappa shape index (κ3) is 4.71. The van der Waals surface area contributed by atoms with Crippen molar-refractivity contribution in [2.45, 2.75) is 13.5 Å². The Morgan fingerprint density at radius 3 is 2.56 bits per heavy atom. The number of hydrogen-bond acceptors (Lipinski definition) is 6. The normalized spacial score (nSPS) is 10.3. The zero-order chi connectivity index (χ0) is 19.2. The Morgan fingerprint density at radius 1 is 1.11 bits per heavy atom. The van der Waals surface area contributed by atoms with Crippen molar-refractivity contribution in [1.29, 1.82) is 0 Å². The molecule has 0 saturated heterocycles. The maximum atomic E-state index is 12.3. The lowest BCUT2D eigenvalue weighted by atomic mass is 10.1. The van der Waals surface area contributed by atoms with Crippen LogP contribution in [0.1, 0.15) is 33.3 Å². The van der Waals surface area contributed by atoms with Crippen LogP contribution in [0.15, 0.2) is 53.9 Å². The second-order valence-corrected chi connectivity index (χ2v) is 6.64. The molecule has 2 N–H and O–H groups in total. The first-order valence-electron chi connectivity index (χ1n) is 8.30. The highest BCUT2D eigenvalue weighted by Gasteiger charge is 2.12. The molecule has 0 aliphatic rings. The van der Waals surface area contributed by atoms with Gasteiger partial charge in [-0.2, -0.15) is 0 Å². The molecule has 0 aliphatic carbocycles. The first-order valence-corrected chi connectivity index (χ1v) is 9.18. The maximum absolute atomic E-state index is 12.3. The predicted molar refractivity (Wildman–Crippen MR) is 106 cm³/mol. The Balaban J connectivity index is 1.59. The van der Waals surface area contributed by atoms with Gasteiger partial charge < -0.3 is 15.4 Å². The number of carbonyl (C=O) groups excluding carboxylic acids is 2. The quantitative estimate of drug-likeness (QED) is 0.604. The number of ether oxygens (including phenoxy) is 1. The van der Waals surface area contributed by atoms with E-state index in [2.05, 4.69) is 15.6 Å². The molecule has 0 unspecified atom stereocenters. The molecule has 1 heterocycles. The minimum Gasteiger partial charge on any atom is -0.496 e. The van der Waals surface area contributed by atoms with Crippen molar-refractivity contribution in [3.8, 4) is 5.75 Å². The van der Waals surface area contributed by atoms with Crippen molar-refractivity contribution in [1.82, 2.24) is 10.3 Å². The number of amides is 1. The summed E-state index contributed by atoms with van der Waals surface area (Å²) in [4.78, 5) is 28.1. The number of para-hydroxylation sites is 1. The van der Waals surface area contributed by atoms with E-state index in [4.69, 9.17) is 4.74 Å². The number of nitrogens with zero attached hydrogens (tertiary/aromatic N) is 1. The van der Waals surface area contributed by atoms with Gasteiger partial charge in [0.25, 0.3) is 5.91 Å². The number of ketones is 1. The summed E-state index contributed by atoms with van der Waals surface area (Å²) in [7, 11) is 1.54. The average molecular weight is 381 g/mol. The largest absolute Gasteiger partial charge is 0.496 e. The van der Waals surface area contributed by atoms with E-state index >= 15 is 0 Å². The molecule has 0 bridgehead atoms. The van der Waals surface area contributed by atoms with Crippen molar-refractivity contribution >= 4 is 33.8 Å². The van der Waals surface area contributed by atoms with Crippen LogP contribution in [-0.2, 0) is 6.54 Å². The van der Waals surface area contributed by atoms with Crippen LogP contribution in [0.2, 0.25) is 0 Å². The summed E-state index contributed by atoms with van der Waals surface area (Å²) in [6, 6.07) is 14.3. The molecule has 0 radical (unpaired) electrons. The number of carbonyl (C=O) groups is 2. The molecule has 7 heteroatoms. The fourth-order valence-corrected chi connectivity index (χ4v) is 3.19. The minimum atomic E-state index is -0.213. The topological polar surface area (TPSA) is 80.3 Å². The number of hydrogen-bond donors (Lipinski definition) is 2. The fraction of sp³-hybridized carbons (Fsp3) is 0.150. The Morgan fingerprint density at radius 2 is 1.85 bits per heavy atom. The lowest BCUT2D eigenvalue weighted by Gasteiger charge is -2.08. The number of nitrogens with one attached hydrogen (secondary N) is 2. The summed E-state index contributed by atoms with van der Waals surface area (Å²) < 4.78 is 5.21. The van der Waals surface area contributed by atoms with E-state index in [9.17, 15) is 9.59 Å². The van der Waals surface area contributed by atoms with Crippen molar-refractivity contribution in [3.63, 3.8) is 0 Å². The Labute approximate surface area is 161 Å². The highest BCUT2D eigenvalue weighted by molar-refractivity contribution is 7.13. The number of benzene rings is 2. The van der Waals surface area contributed by atoms with Gasteiger partial charge in [0, 0.05) is 16.6 Å². The van der Waals surface area contributed by atoms with Crippen molar-refractivity contribution in [2.75, 3.05) is 12.4 Å². The molecular formula is C20H19N3O3S. The Hall–Kier alpha value is -3.19. The lowest BCUT2D eigenvalue weighted by molar-refractivity contribution is 0.0946. The molecule has 0 fully saturated rings. The minimum absolute atomic E-state index is 0.0314. The lowest BCUT2D eigenvalue weighted by Crippen LogP contribution is -2.23. The van der Waals surface area contributed by atoms with Gasteiger partial charge >= 0.3 is 0 Å². The molecule has 27 heavy (non-hydrogen) atoms. The smallest absolute Gasteiger partial charge is 0.255 e. The fourth-order valence-electron chi connectivity index (χ4n) is 2.46. The summed E-state index contributed by atoms with van der Waals surface area (Å²) in [5, 5.41) is 8.64. The van der Waals surface area contributed by atoms with E-state index in [1.54, 1.807) is 30.3 Å². The zero-order valence-electron chi connectivity index (χ0n) is 15.0.